The number of amides is 1. The molecule has 0 aliphatic rings. The minimum Gasteiger partial charge on any atom is -0.325 e. The molecule has 25 heavy (non-hydrogen) atoms. The van der Waals surface area contributed by atoms with Crippen LogP contribution < -0.4 is 10.6 Å². The van der Waals surface area contributed by atoms with Gasteiger partial charge in [-0.2, -0.15) is 5.10 Å². The van der Waals surface area contributed by atoms with Gasteiger partial charge < -0.3 is 10.6 Å². The molecule has 2 aromatic heterocycles. The zero-order valence-corrected chi connectivity index (χ0v) is 14.0. The van der Waals surface area contributed by atoms with Crippen molar-refractivity contribution in [1.29, 1.82) is 0 Å². The third kappa shape index (κ3) is 4.27. The van der Waals surface area contributed by atoms with Crippen LogP contribution in [-0.4, -0.2) is 31.7 Å². The summed E-state index contributed by atoms with van der Waals surface area (Å²) in [6, 6.07) is 13.0. The molecule has 0 fully saturated rings. The third-order valence-electron chi connectivity index (χ3n) is 3.81. The Labute approximate surface area is 146 Å². The van der Waals surface area contributed by atoms with Gasteiger partial charge in [0.1, 0.15) is 12.7 Å². The average Bonchev–Trinajstić information content (AvgIpc) is 3.18. The summed E-state index contributed by atoms with van der Waals surface area (Å²) in [4.78, 5) is 20.8. The Morgan fingerprint density at radius 3 is 2.76 bits per heavy atom. The summed E-state index contributed by atoms with van der Waals surface area (Å²) >= 11 is 0. The maximum atomic E-state index is 12.5. The first-order chi connectivity index (χ1) is 12.3. The van der Waals surface area contributed by atoms with Gasteiger partial charge in [-0.1, -0.05) is 31.2 Å². The Morgan fingerprint density at radius 1 is 1.20 bits per heavy atom. The zero-order valence-electron chi connectivity index (χ0n) is 14.0. The Balaban J connectivity index is 1.66. The lowest BCUT2D eigenvalue weighted by Crippen LogP contribution is -2.39. The maximum Gasteiger partial charge on any atom is 0.241 e. The van der Waals surface area contributed by atoms with Crippen LogP contribution in [-0.2, 0) is 11.3 Å². The minimum absolute atomic E-state index is 0.0557. The summed E-state index contributed by atoms with van der Waals surface area (Å²) in [5.74, 6) is 0.644. The Kier molecular flexibility index (Phi) is 5.48. The highest BCUT2D eigenvalue weighted by atomic mass is 16.2. The van der Waals surface area contributed by atoms with Crippen LogP contribution >= 0.6 is 0 Å². The SMILES string of the molecule is CC[C@H](NCc1cccnc1-n1cncn1)C(=O)Nc1ccccc1. The summed E-state index contributed by atoms with van der Waals surface area (Å²) in [6.45, 7) is 2.48. The van der Waals surface area contributed by atoms with E-state index < -0.39 is 0 Å². The van der Waals surface area contributed by atoms with Crippen molar-refractivity contribution in [1.82, 2.24) is 25.1 Å². The molecular weight excluding hydrogens is 316 g/mol. The number of rotatable bonds is 7. The van der Waals surface area contributed by atoms with Gasteiger partial charge in [0.2, 0.25) is 5.91 Å². The highest BCUT2D eigenvalue weighted by molar-refractivity contribution is 5.94. The number of aromatic nitrogens is 4. The van der Waals surface area contributed by atoms with E-state index in [1.807, 2.05) is 49.4 Å². The lowest BCUT2D eigenvalue weighted by Gasteiger charge is -2.17. The van der Waals surface area contributed by atoms with Crippen LogP contribution in [0, 0.1) is 0 Å². The van der Waals surface area contributed by atoms with E-state index in [1.165, 1.54) is 6.33 Å². The van der Waals surface area contributed by atoms with Gasteiger partial charge in [0.15, 0.2) is 5.82 Å². The highest BCUT2D eigenvalue weighted by Gasteiger charge is 2.17. The standard InChI is InChI=1S/C18H20N6O/c1-2-16(18(25)23-15-8-4-3-5-9-15)21-11-14-7-6-10-20-17(14)24-13-19-12-22-24/h3-10,12-13,16,21H,2,11H2,1H3,(H,23,25)/t16-/m0/s1. The van der Waals surface area contributed by atoms with Crippen LogP contribution in [0.5, 0.6) is 0 Å². The molecule has 1 amide bonds. The monoisotopic (exact) mass is 336 g/mol. The van der Waals surface area contributed by atoms with E-state index in [9.17, 15) is 4.79 Å². The number of benzene rings is 1. The van der Waals surface area contributed by atoms with E-state index in [0.29, 0.717) is 18.8 Å². The van der Waals surface area contributed by atoms with Gasteiger partial charge in [-0.05, 0) is 24.6 Å². The second-order valence-electron chi connectivity index (χ2n) is 5.52. The van der Waals surface area contributed by atoms with Crippen molar-refractivity contribution in [3.63, 3.8) is 0 Å². The first-order valence-electron chi connectivity index (χ1n) is 8.16. The molecule has 0 saturated carbocycles. The summed E-state index contributed by atoms with van der Waals surface area (Å²) < 4.78 is 1.61. The first-order valence-corrected chi connectivity index (χ1v) is 8.16. The molecule has 2 N–H and O–H groups in total. The smallest absolute Gasteiger partial charge is 0.241 e. The summed E-state index contributed by atoms with van der Waals surface area (Å²) in [7, 11) is 0. The molecule has 7 nitrogen and oxygen atoms in total. The molecule has 3 rings (SSSR count). The third-order valence-corrected chi connectivity index (χ3v) is 3.81. The molecule has 0 bridgehead atoms. The fourth-order valence-electron chi connectivity index (χ4n) is 2.50. The Hall–Kier alpha value is -3.06. The van der Waals surface area contributed by atoms with Gasteiger partial charge >= 0.3 is 0 Å². The molecule has 128 valence electrons. The van der Waals surface area contributed by atoms with Crippen molar-refractivity contribution >= 4 is 11.6 Å². The van der Waals surface area contributed by atoms with Crippen molar-refractivity contribution in [2.75, 3.05) is 5.32 Å². The van der Waals surface area contributed by atoms with Crippen LogP contribution in [0.1, 0.15) is 18.9 Å². The van der Waals surface area contributed by atoms with Crippen molar-refractivity contribution in [3.8, 4) is 5.82 Å². The summed E-state index contributed by atoms with van der Waals surface area (Å²) in [5.41, 5.74) is 1.73. The number of hydrogen-bond donors (Lipinski definition) is 2. The molecule has 0 aliphatic heterocycles. The molecular formula is C18H20N6O. The van der Waals surface area contributed by atoms with Crippen LogP contribution in [0.25, 0.3) is 5.82 Å². The predicted molar refractivity (Wildman–Crippen MR) is 95.1 cm³/mol. The zero-order chi connectivity index (χ0) is 17.5. The van der Waals surface area contributed by atoms with E-state index in [1.54, 1.807) is 17.2 Å². The van der Waals surface area contributed by atoms with Gasteiger partial charge in [-0.3, -0.25) is 4.79 Å². The largest absolute Gasteiger partial charge is 0.325 e. The number of carbonyl (C=O) groups excluding carboxylic acids is 1. The number of pyridine rings is 1. The maximum absolute atomic E-state index is 12.5. The number of nitrogens with one attached hydrogen (secondary N) is 2. The number of para-hydroxylation sites is 1. The topological polar surface area (TPSA) is 84.7 Å². The van der Waals surface area contributed by atoms with Gasteiger partial charge in [-0.25, -0.2) is 14.6 Å². The predicted octanol–water partition coefficient (Wildman–Crippen LogP) is 2.17. The fourth-order valence-corrected chi connectivity index (χ4v) is 2.50. The second-order valence-corrected chi connectivity index (χ2v) is 5.52. The van der Waals surface area contributed by atoms with E-state index in [0.717, 1.165) is 11.3 Å². The summed E-state index contributed by atoms with van der Waals surface area (Å²) in [6.07, 6.45) is 5.46. The van der Waals surface area contributed by atoms with Gasteiger partial charge in [0, 0.05) is 24.0 Å². The van der Waals surface area contributed by atoms with Crippen molar-refractivity contribution in [2.45, 2.75) is 25.9 Å². The molecule has 2 heterocycles. The van der Waals surface area contributed by atoms with Crippen molar-refractivity contribution in [2.24, 2.45) is 0 Å². The molecule has 3 aromatic rings. The van der Waals surface area contributed by atoms with Crippen LogP contribution in [0.4, 0.5) is 5.69 Å². The normalized spacial score (nSPS) is 11.9. The minimum atomic E-state index is -0.302. The van der Waals surface area contributed by atoms with E-state index >= 15 is 0 Å². The summed E-state index contributed by atoms with van der Waals surface area (Å²) in [5, 5.41) is 10.3. The lowest BCUT2D eigenvalue weighted by molar-refractivity contribution is -0.118. The van der Waals surface area contributed by atoms with Crippen LogP contribution in [0.15, 0.2) is 61.3 Å². The molecule has 0 aliphatic carbocycles. The quantitative estimate of drug-likeness (QED) is 0.691. The molecule has 0 saturated heterocycles. The van der Waals surface area contributed by atoms with E-state index in [2.05, 4.69) is 25.7 Å². The Bertz CT molecular complexity index is 803. The molecule has 0 radical (unpaired) electrons. The molecule has 0 spiro atoms. The molecule has 1 atom stereocenters. The highest BCUT2D eigenvalue weighted by Crippen LogP contribution is 2.11. The molecule has 7 heteroatoms. The number of carbonyl (C=O) groups is 1. The van der Waals surface area contributed by atoms with Gasteiger partial charge in [0.25, 0.3) is 0 Å². The number of nitrogens with zero attached hydrogens (tertiary/aromatic N) is 4. The van der Waals surface area contributed by atoms with Crippen LogP contribution in [0.3, 0.4) is 0 Å². The fraction of sp³-hybridized carbons (Fsp3) is 0.222. The number of anilines is 1. The lowest BCUT2D eigenvalue weighted by atomic mass is 10.1. The average molecular weight is 336 g/mol. The molecule has 1 aromatic carbocycles. The number of hydrogen-bond acceptors (Lipinski definition) is 5. The van der Waals surface area contributed by atoms with Crippen molar-refractivity contribution < 1.29 is 4.79 Å². The molecule has 0 unspecified atom stereocenters. The van der Waals surface area contributed by atoms with Gasteiger partial charge in [-0.15, -0.1) is 0 Å². The Morgan fingerprint density at radius 2 is 2.04 bits per heavy atom. The van der Waals surface area contributed by atoms with Gasteiger partial charge in [0.05, 0.1) is 6.04 Å². The van der Waals surface area contributed by atoms with Crippen LogP contribution in [0.2, 0.25) is 0 Å². The van der Waals surface area contributed by atoms with E-state index in [4.69, 9.17) is 0 Å². The van der Waals surface area contributed by atoms with Crippen molar-refractivity contribution in [3.05, 3.63) is 66.9 Å². The first kappa shape index (κ1) is 16.8. The second kappa shape index (κ2) is 8.16. The van der Waals surface area contributed by atoms with E-state index in [-0.39, 0.29) is 11.9 Å².